The summed E-state index contributed by atoms with van der Waals surface area (Å²) in [6.45, 7) is 7.83. The van der Waals surface area contributed by atoms with Crippen LogP contribution < -0.4 is 10.6 Å². The molecule has 0 atom stereocenters. The minimum Gasteiger partial charge on any atom is -0.355 e. The van der Waals surface area contributed by atoms with Gasteiger partial charge in [0.25, 0.3) is 0 Å². The van der Waals surface area contributed by atoms with Crippen molar-refractivity contribution in [1.29, 1.82) is 0 Å². The first-order valence-electron chi connectivity index (χ1n) is 7.21. The summed E-state index contributed by atoms with van der Waals surface area (Å²) in [5.41, 5.74) is 9.24. The van der Waals surface area contributed by atoms with Gasteiger partial charge in [-0.3, -0.25) is 4.98 Å². The number of hydrogen-bond acceptors (Lipinski definition) is 4. The Bertz CT molecular complexity index is 587. The maximum absolute atomic E-state index is 5.83. The van der Waals surface area contributed by atoms with E-state index in [-0.39, 0.29) is 5.41 Å². The summed E-state index contributed by atoms with van der Waals surface area (Å²) in [4.78, 5) is 11.0. The quantitative estimate of drug-likeness (QED) is 0.938. The van der Waals surface area contributed by atoms with E-state index in [0.717, 1.165) is 23.6 Å². The van der Waals surface area contributed by atoms with E-state index >= 15 is 0 Å². The standard InChI is InChI=1S/C17H24N4/c1-17(2,3)15-9-14(11-18)10-16(20-15)21(4)12-13-5-7-19-8-6-13/h5-10H,11-12,18H2,1-4H3. The van der Waals surface area contributed by atoms with Crippen LogP contribution in [0.1, 0.15) is 37.6 Å². The van der Waals surface area contributed by atoms with Crippen molar-refractivity contribution in [3.63, 3.8) is 0 Å². The van der Waals surface area contributed by atoms with Crippen molar-refractivity contribution in [2.75, 3.05) is 11.9 Å². The maximum Gasteiger partial charge on any atom is 0.129 e. The highest BCUT2D eigenvalue weighted by molar-refractivity contribution is 5.44. The van der Waals surface area contributed by atoms with E-state index in [0.29, 0.717) is 6.54 Å². The first kappa shape index (κ1) is 15.4. The molecule has 2 heterocycles. The first-order chi connectivity index (χ1) is 9.90. The van der Waals surface area contributed by atoms with E-state index in [1.54, 1.807) is 0 Å². The molecule has 0 aromatic carbocycles. The van der Waals surface area contributed by atoms with E-state index in [9.17, 15) is 0 Å². The molecule has 0 radical (unpaired) electrons. The first-order valence-corrected chi connectivity index (χ1v) is 7.21. The van der Waals surface area contributed by atoms with Crippen LogP contribution in [0.2, 0.25) is 0 Å². The summed E-state index contributed by atoms with van der Waals surface area (Å²) in [5.74, 6) is 0.958. The van der Waals surface area contributed by atoms with Gasteiger partial charge in [-0.15, -0.1) is 0 Å². The van der Waals surface area contributed by atoms with Crippen molar-refractivity contribution in [2.24, 2.45) is 5.73 Å². The number of nitrogens with zero attached hydrogens (tertiary/aromatic N) is 3. The third-order valence-corrected chi connectivity index (χ3v) is 3.44. The fourth-order valence-corrected chi connectivity index (χ4v) is 2.11. The second kappa shape index (κ2) is 6.22. The van der Waals surface area contributed by atoms with E-state index in [4.69, 9.17) is 10.7 Å². The number of hydrogen-bond donors (Lipinski definition) is 1. The molecule has 0 bridgehead atoms. The number of rotatable bonds is 4. The van der Waals surface area contributed by atoms with Crippen LogP contribution >= 0.6 is 0 Å². The number of nitrogens with two attached hydrogens (primary N) is 1. The highest BCUT2D eigenvalue weighted by Gasteiger charge is 2.18. The van der Waals surface area contributed by atoms with Gasteiger partial charge in [0.1, 0.15) is 5.82 Å². The fraction of sp³-hybridized carbons (Fsp3) is 0.412. The summed E-state index contributed by atoms with van der Waals surface area (Å²) in [6, 6.07) is 8.21. The van der Waals surface area contributed by atoms with Crippen molar-refractivity contribution < 1.29 is 0 Å². The third kappa shape index (κ3) is 4.02. The predicted molar refractivity (Wildman–Crippen MR) is 87.2 cm³/mol. The van der Waals surface area contributed by atoms with E-state index in [2.05, 4.69) is 49.8 Å². The molecule has 21 heavy (non-hydrogen) atoms. The van der Waals surface area contributed by atoms with Crippen molar-refractivity contribution in [1.82, 2.24) is 9.97 Å². The maximum atomic E-state index is 5.83. The van der Waals surface area contributed by atoms with Crippen LogP contribution in [-0.2, 0) is 18.5 Å². The molecule has 2 N–H and O–H groups in total. The number of aromatic nitrogens is 2. The van der Waals surface area contributed by atoms with Crippen LogP contribution in [0.25, 0.3) is 0 Å². The van der Waals surface area contributed by atoms with Crippen LogP contribution in [0, 0.1) is 0 Å². The Labute approximate surface area is 127 Å². The van der Waals surface area contributed by atoms with Crippen LogP contribution in [0.3, 0.4) is 0 Å². The molecule has 0 aliphatic carbocycles. The van der Waals surface area contributed by atoms with Crippen molar-refractivity contribution >= 4 is 5.82 Å². The zero-order valence-electron chi connectivity index (χ0n) is 13.3. The molecular weight excluding hydrogens is 260 g/mol. The third-order valence-electron chi connectivity index (χ3n) is 3.44. The van der Waals surface area contributed by atoms with E-state index in [1.165, 1.54) is 5.56 Å². The molecule has 4 nitrogen and oxygen atoms in total. The van der Waals surface area contributed by atoms with Gasteiger partial charge in [0.15, 0.2) is 0 Å². The zero-order chi connectivity index (χ0) is 15.5. The number of pyridine rings is 2. The van der Waals surface area contributed by atoms with Gasteiger partial charge in [0.2, 0.25) is 0 Å². The number of anilines is 1. The van der Waals surface area contributed by atoms with E-state index < -0.39 is 0 Å². The second-order valence-corrected chi connectivity index (χ2v) is 6.38. The second-order valence-electron chi connectivity index (χ2n) is 6.38. The molecule has 2 aromatic heterocycles. The Morgan fingerprint density at radius 3 is 2.33 bits per heavy atom. The van der Waals surface area contributed by atoms with Gasteiger partial charge in [0, 0.05) is 43.6 Å². The minimum atomic E-state index is 0.0113. The molecule has 0 aliphatic heterocycles. The summed E-state index contributed by atoms with van der Waals surface area (Å²) in [6.07, 6.45) is 3.63. The molecule has 0 aliphatic rings. The molecule has 2 rings (SSSR count). The zero-order valence-corrected chi connectivity index (χ0v) is 13.3. The highest BCUT2D eigenvalue weighted by Crippen LogP contribution is 2.25. The monoisotopic (exact) mass is 284 g/mol. The molecule has 0 saturated heterocycles. The SMILES string of the molecule is CN(Cc1ccncc1)c1cc(CN)cc(C(C)(C)C)n1. The van der Waals surface area contributed by atoms with Gasteiger partial charge < -0.3 is 10.6 Å². The highest BCUT2D eigenvalue weighted by atomic mass is 15.2. The minimum absolute atomic E-state index is 0.0113. The molecule has 2 aromatic rings. The topological polar surface area (TPSA) is 55.0 Å². The average Bonchev–Trinajstić information content (AvgIpc) is 2.46. The summed E-state index contributed by atoms with van der Waals surface area (Å²) < 4.78 is 0. The Kier molecular flexibility index (Phi) is 4.58. The Balaban J connectivity index is 2.30. The molecule has 0 saturated carbocycles. The molecule has 0 amide bonds. The summed E-state index contributed by atoms with van der Waals surface area (Å²) >= 11 is 0. The van der Waals surface area contributed by atoms with Crippen molar-refractivity contribution in [3.8, 4) is 0 Å². The van der Waals surface area contributed by atoms with Gasteiger partial charge in [-0.25, -0.2) is 4.98 Å². The summed E-state index contributed by atoms with van der Waals surface area (Å²) in [7, 11) is 2.05. The Morgan fingerprint density at radius 1 is 1.10 bits per heavy atom. The largest absolute Gasteiger partial charge is 0.355 e. The van der Waals surface area contributed by atoms with Crippen molar-refractivity contribution in [3.05, 3.63) is 53.5 Å². The Morgan fingerprint density at radius 2 is 1.76 bits per heavy atom. The van der Waals surface area contributed by atoms with Gasteiger partial charge in [-0.2, -0.15) is 0 Å². The van der Waals surface area contributed by atoms with Gasteiger partial charge in [0.05, 0.1) is 0 Å². The predicted octanol–water partition coefficient (Wildman–Crippen LogP) is 2.87. The van der Waals surface area contributed by atoms with Crippen LogP contribution in [0.15, 0.2) is 36.7 Å². The summed E-state index contributed by atoms with van der Waals surface area (Å²) in [5, 5.41) is 0. The van der Waals surface area contributed by atoms with Crippen molar-refractivity contribution in [2.45, 2.75) is 39.3 Å². The molecule has 112 valence electrons. The molecular formula is C17H24N4. The van der Waals surface area contributed by atoms with E-state index in [1.807, 2.05) is 24.5 Å². The smallest absolute Gasteiger partial charge is 0.129 e. The lowest BCUT2D eigenvalue weighted by Crippen LogP contribution is -2.21. The molecule has 0 spiro atoms. The lowest BCUT2D eigenvalue weighted by molar-refractivity contribution is 0.567. The van der Waals surface area contributed by atoms with Crippen LogP contribution in [-0.4, -0.2) is 17.0 Å². The van der Waals surface area contributed by atoms with Crippen LogP contribution in [0.5, 0.6) is 0 Å². The average molecular weight is 284 g/mol. The van der Waals surface area contributed by atoms with Gasteiger partial charge in [-0.05, 0) is 35.4 Å². The lowest BCUT2D eigenvalue weighted by atomic mass is 9.90. The Hall–Kier alpha value is -1.94. The fourth-order valence-electron chi connectivity index (χ4n) is 2.11. The van der Waals surface area contributed by atoms with Crippen LogP contribution in [0.4, 0.5) is 5.82 Å². The lowest BCUT2D eigenvalue weighted by Gasteiger charge is -2.24. The molecule has 4 heteroatoms. The molecule has 0 unspecified atom stereocenters. The molecule has 0 fully saturated rings. The van der Waals surface area contributed by atoms with Gasteiger partial charge in [-0.1, -0.05) is 20.8 Å². The van der Waals surface area contributed by atoms with Gasteiger partial charge >= 0.3 is 0 Å². The normalized spacial score (nSPS) is 11.5.